The molecule has 0 saturated carbocycles. The van der Waals surface area contributed by atoms with Crippen LogP contribution in [0.1, 0.15) is 95.9 Å². The Kier molecular flexibility index (Phi) is 12.3. The van der Waals surface area contributed by atoms with Gasteiger partial charge in [-0.1, -0.05) is 46.8 Å². The van der Waals surface area contributed by atoms with E-state index < -0.39 is 5.79 Å². The van der Waals surface area contributed by atoms with Gasteiger partial charge in [0.2, 0.25) is 5.90 Å². The Morgan fingerprint density at radius 2 is 1.85 bits per heavy atom. The van der Waals surface area contributed by atoms with E-state index in [-0.39, 0.29) is 7.59 Å². The van der Waals surface area contributed by atoms with Crippen LogP contribution in [0.25, 0.3) is 0 Å². The van der Waals surface area contributed by atoms with Gasteiger partial charge in [0.1, 0.15) is 5.82 Å². The molecule has 3 N–H and O–H groups in total. The van der Waals surface area contributed by atoms with Crippen LogP contribution >= 0.6 is 0 Å². The third-order valence-corrected chi connectivity index (χ3v) is 7.49. The highest BCUT2D eigenvalue weighted by Gasteiger charge is 2.33. The number of benzene rings is 1. The molecule has 9 nitrogen and oxygen atoms in total. The number of fused-ring (bicyclic) bond motifs is 1. The van der Waals surface area contributed by atoms with Crippen molar-refractivity contribution in [3.05, 3.63) is 57.8 Å². The van der Waals surface area contributed by atoms with Gasteiger partial charge >= 0.3 is 0 Å². The number of nitrogens with zero attached hydrogens (tertiary/aromatic N) is 3. The van der Waals surface area contributed by atoms with Crippen molar-refractivity contribution in [1.29, 1.82) is 5.41 Å². The van der Waals surface area contributed by atoms with E-state index in [0.717, 1.165) is 50.0 Å². The molecule has 4 heterocycles. The second kappa shape index (κ2) is 15.4. The van der Waals surface area contributed by atoms with Crippen molar-refractivity contribution in [2.45, 2.75) is 92.6 Å². The number of pyridine rings is 1. The van der Waals surface area contributed by atoms with Crippen LogP contribution in [0.3, 0.4) is 0 Å². The van der Waals surface area contributed by atoms with Crippen LogP contribution in [-0.2, 0) is 27.2 Å². The maximum Gasteiger partial charge on any atom is 0.244 e. The molecule has 1 fully saturated rings. The fraction of sp³-hybridized carbons (Fsp3) is 0.594. The van der Waals surface area contributed by atoms with Gasteiger partial charge in [0.15, 0.2) is 12.0 Å². The van der Waals surface area contributed by atoms with Crippen molar-refractivity contribution in [2.75, 3.05) is 38.2 Å². The molecule has 1 atom stereocenters. The summed E-state index contributed by atoms with van der Waals surface area (Å²) in [7, 11) is 0. The Hall–Kier alpha value is -2.85. The lowest BCUT2D eigenvalue weighted by Gasteiger charge is -2.39. The van der Waals surface area contributed by atoms with Crippen LogP contribution in [0.5, 0.6) is 0 Å². The van der Waals surface area contributed by atoms with Gasteiger partial charge in [-0.15, -0.1) is 5.48 Å². The molecule has 2 aromatic rings. The summed E-state index contributed by atoms with van der Waals surface area (Å²) in [6.07, 6.45) is 5.74. The van der Waals surface area contributed by atoms with Crippen LogP contribution in [0.4, 0.5) is 5.82 Å². The summed E-state index contributed by atoms with van der Waals surface area (Å²) in [5.41, 5.74) is 9.74. The number of ether oxygens (including phenoxy) is 2. The van der Waals surface area contributed by atoms with Crippen LogP contribution in [-0.4, -0.2) is 66.7 Å². The molecule has 0 radical (unpaired) electrons. The van der Waals surface area contributed by atoms with Crippen molar-refractivity contribution < 1.29 is 15.7 Å². The zero-order chi connectivity index (χ0) is 30.0. The molecule has 9 heteroatoms. The van der Waals surface area contributed by atoms with E-state index in [4.69, 9.17) is 24.7 Å². The lowest BCUT2D eigenvalue weighted by molar-refractivity contribution is -0.263. The standard InChI is InChI=1S/C28H38N6O3.2C2H6.H2/c1-5-10-30-25-20(14-29)13-21(15-31-25)27-32-26(33-37-27)24-7-6-19-8-11-34(12-9-23(19)18(24)2)22-16-35-28(3,4)36-17-22;2*1-2;/h6-7,13-15,22,26,29,33H,5,8-12,16-17H2,1-4H3,(H,30,31);2*1-2H3;1H. The third kappa shape index (κ3) is 7.92. The largest absolute Gasteiger partial charge is 0.386 e. The Morgan fingerprint density at radius 3 is 2.54 bits per heavy atom. The molecule has 0 bridgehead atoms. The van der Waals surface area contributed by atoms with E-state index in [0.29, 0.717) is 36.5 Å². The smallest absolute Gasteiger partial charge is 0.244 e. The molecule has 0 spiro atoms. The summed E-state index contributed by atoms with van der Waals surface area (Å²) in [6.45, 7) is 20.4. The monoisotopic (exact) mass is 568 g/mol. The lowest BCUT2D eigenvalue weighted by atomic mass is 9.93. The Balaban J connectivity index is 0.00000118. The molecule has 41 heavy (non-hydrogen) atoms. The molecule has 3 aliphatic heterocycles. The maximum atomic E-state index is 7.77. The summed E-state index contributed by atoms with van der Waals surface area (Å²) in [5.74, 6) is 0.704. The minimum Gasteiger partial charge on any atom is -0.386 e. The lowest BCUT2D eigenvalue weighted by Crippen LogP contribution is -2.51. The molecular weight excluding hydrogens is 516 g/mol. The SMILES string of the molecule is CC.CC.CCCNc1ncc(C2=NC(c3ccc4c(c3C)CCN(C3COC(C)(C)OC3)CC4)NO2)cc1C=N.[HH]. The first-order valence-corrected chi connectivity index (χ1v) is 15.3. The van der Waals surface area contributed by atoms with E-state index in [2.05, 4.69) is 46.7 Å². The molecule has 1 saturated heterocycles. The van der Waals surface area contributed by atoms with Crippen LogP contribution in [0.15, 0.2) is 29.4 Å². The fourth-order valence-corrected chi connectivity index (χ4v) is 5.25. The minimum absolute atomic E-state index is 0. The van der Waals surface area contributed by atoms with Crippen molar-refractivity contribution in [1.82, 2.24) is 15.4 Å². The molecular formula is C32H52N6O3. The molecule has 5 rings (SSSR count). The highest BCUT2D eigenvalue weighted by Crippen LogP contribution is 2.31. The van der Waals surface area contributed by atoms with Crippen molar-refractivity contribution in [2.24, 2.45) is 4.99 Å². The minimum atomic E-state index is -0.488. The third-order valence-electron chi connectivity index (χ3n) is 7.49. The van der Waals surface area contributed by atoms with Gasteiger partial charge in [0.05, 0.1) is 24.8 Å². The van der Waals surface area contributed by atoms with Gasteiger partial charge in [0, 0.05) is 39.0 Å². The highest BCUT2D eigenvalue weighted by atomic mass is 16.7. The van der Waals surface area contributed by atoms with Gasteiger partial charge in [-0.25, -0.2) is 9.98 Å². The van der Waals surface area contributed by atoms with Crippen LogP contribution in [0.2, 0.25) is 0 Å². The Morgan fingerprint density at radius 1 is 1.15 bits per heavy atom. The number of nitrogens with one attached hydrogen (secondary N) is 3. The van der Waals surface area contributed by atoms with Gasteiger partial charge in [-0.3, -0.25) is 4.90 Å². The predicted molar refractivity (Wildman–Crippen MR) is 169 cm³/mol. The van der Waals surface area contributed by atoms with Crippen molar-refractivity contribution >= 4 is 17.9 Å². The summed E-state index contributed by atoms with van der Waals surface area (Å²) >= 11 is 0. The number of rotatable bonds is 7. The first kappa shape index (κ1) is 32.7. The number of hydrogen-bond acceptors (Lipinski definition) is 9. The van der Waals surface area contributed by atoms with Gasteiger partial charge in [-0.05, 0) is 68.4 Å². The molecule has 1 unspecified atom stereocenters. The normalized spacial score (nSPS) is 20.2. The first-order chi connectivity index (χ1) is 19.9. The zero-order valence-corrected chi connectivity index (χ0v) is 26.3. The van der Waals surface area contributed by atoms with E-state index in [1.807, 2.05) is 47.6 Å². The quantitative estimate of drug-likeness (QED) is 0.350. The first-order valence-electron chi connectivity index (χ1n) is 15.3. The van der Waals surface area contributed by atoms with E-state index in [1.54, 1.807) is 6.20 Å². The molecule has 1 aromatic heterocycles. The molecule has 0 amide bonds. The van der Waals surface area contributed by atoms with Crippen molar-refractivity contribution in [3.63, 3.8) is 0 Å². The number of aliphatic imine (C=N–C) groups is 1. The van der Waals surface area contributed by atoms with Gasteiger partial charge in [-0.2, -0.15) is 0 Å². The van der Waals surface area contributed by atoms with Gasteiger partial charge < -0.3 is 25.0 Å². The molecule has 228 valence electrons. The summed E-state index contributed by atoms with van der Waals surface area (Å²) in [6, 6.07) is 6.60. The second-order valence-corrected chi connectivity index (χ2v) is 10.4. The second-order valence-electron chi connectivity index (χ2n) is 10.4. The topological polar surface area (TPSA) is 104 Å². The summed E-state index contributed by atoms with van der Waals surface area (Å²) in [4.78, 5) is 17.6. The number of hydrogen-bond donors (Lipinski definition) is 3. The molecule has 1 aromatic carbocycles. The Labute approximate surface area is 248 Å². The number of hydroxylamine groups is 1. The van der Waals surface area contributed by atoms with E-state index in [9.17, 15) is 0 Å². The predicted octanol–water partition coefficient (Wildman–Crippen LogP) is 6.04. The summed E-state index contributed by atoms with van der Waals surface area (Å²) in [5, 5.41) is 11.0. The Bertz CT molecular complexity index is 1180. The molecule has 0 aliphatic carbocycles. The highest BCUT2D eigenvalue weighted by molar-refractivity contribution is 5.97. The van der Waals surface area contributed by atoms with Gasteiger partial charge in [0.25, 0.3) is 0 Å². The fourth-order valence-electron chi connectivity index (χ4n) is 5.25. The van der Waals surface area contributed by atoms with Crippen LogP contribution < -0.4 is 10.8 Å². The van der Waals surface area contributed by atoms with Crippen LogP contribution in [0, 0.1) is 12.3 Å². The summed E-state index contributed by atoms with van der Waals surface area (Å²) < 4.78 is 11.8. The number of anilines is 1. The van der Waals surface area contributed by atoms with E-state index >= 15 is 0 Å². The average molecular weight is 569 g/mol. The zero-order valence-electron chi connectivity index (χ0n) is 26.3. The van der Waals surface area contributed by atoms with E-state index in [1.165, 1.54) is 22.9 Å². The average Bonchev–Trinajstić information content (AvgIpc) is 3.39. The maximum absolute atomic E-state index is 7.77. The van der Waals surface area contributed by atoms with Crippen molar-refractivity contribution in [3.8, 4) is 0 Å². The number of aromatic nitrogens is 1. The molecule has 3 aliphatic rings.